The molecular weight excluding hydrogens is 167 g/mol. The lowest BCUT2D eigenvalue weighted by Gasteiger charge is -1.97. The van der Waals surface area contributed by atoms with Crippen LogP contribution in [0.1, 0.15) is 0 Å². The summed E-state index contributed by atoms with van der Waals surface area (Å²) in [6.45, 7) is 0. The predicted molar refractivity (Wildman–Crippen MR) is 46.3 cm³/mol. The van der Waals surface area contributed by atoms with Crippen LogP contribution in [0.15, 0.2) is 36.8 Å². The molecule has 0 aliphatic carbocycles. The first-order chi connectivity index (χ1) is 6.36. The van der Waals surface area contributed by atoms with Crippen LogP contribution in [0.4, 0.5) is 4.39 Å². The molecule has 0 aliphatic heterocycles. The highest BCUT2D eigenvalue weighted by molar-refractivity contribution is 5.57. The zero-order chi connectivity index (χ0) is 9.10. The van der Waals surface area contributed by atoms with Crippen molar-refractivity contribution >= 4 is 0 Å². The van der Waals surface area contributed by atoms with Gasteiger partial charge in [-0.05, 0) is 24.3 Å². The number of rotatable bonds is 1. The van der Waals surface area contributed by atoms with Gasteiger partial charge in [0.05, 0.1) is 5.69 Å². The van der Waals surface area contributed by atoms with Crippen LogP contribution < -0.4 is 0 Å². The lowest BCUT2D eigenvalue weighted by atomic mass is 10.1. The Hall–Kier alpha value is -1.77. The van der Waals surface area contributed by atoms with Gasteiger partial charge >= 0.3 is 0 Å². The van der Waals surface area contributed by atoms with Gasteiger partial charge in [-0.15, -0.1) is 0 Å². The third-order valence-corrected chi connectivity index (χ3v) is 1.62. The number of benzene rings is 1. The van der Waals surface area contributed by atoms with Crippen LogP contribution in [0, 0.1) is 11.9 Å². The molecule has 0 atom stereocenters. The molecule has 0 fully saturated rings. The van der Waals surface area contributed by atoms with Crippen molar-refractivity contribution in [2.24, 2.45) is 0 Å². The van der Waals surface area contributed by atoms with Gasteiger partial charge in [0, 0.05) is 11.8 Å². The van der Waals surface area contributed by atoms with E-state index in [1.54, 1.807) is 12.3 Å². The van der Waals surface area contributed by atoms with Crippen LogP contribution in [0.5, 0.6) is 0 Å². The van der Waals surface area contributed by atoms with Crippen LogP contribution in [-0.4, -0.2) is 9.97 Å². The van der Waals surface area contributed by atoms with Gasteiger partial charge in [-0.25, -0.2) is 14.4 Å². The monoisotopic (exact) mass is 173 g/mol. The first-order valence-electron chi connectivity index (χ1n) is 3.80. The molecule has 0 unspecified atom stereocenters. The summed E-state index contributed by atoms with van der Waals surface area (Å²) in [6.07, 6.45) is 3.04. The van der Waals surface area contributed by atoms with E-state index >= 15 is 0 Å². The summed E-state index contributed by atoms with van der Waals surface area (Å²) in [7, 11) is 0. The molecule has 1 radical (unpaired) electrons. The van der Waals surface area contributed by atoms with Gasteiger partial charge in [-0.1, -0.05) is 6.07 Å². The molecule has 2 nitrogen and oxygen atoms in total. The van der Waals surface area contributed by atoms with Crippen molar-refractivity contribution in [1.82, 2.24) is 9.97 Å². The van der Waals surface area contributed by atoms with Crippen molar-refractivity contribution in [2.45, 2.75) is 0 Å². The Labute approximate surface area is 75.1 Å². The molecule has 63 valence electrons. The average molecular weight is 173 g/mol. The predicted octanol–water partition coefficient (Wildman–Crippen LogP) is 2.08. The summed E-state index contributed by atoms with van der Waals surface area (Å²) in [5.74, 6) is -0.285. The molecule has 0 bridgehead atoms. The highest BCUT2D eigenvalue weighted by Crippen LogP contribution is 2.15. The second-order valence-corrected chi connectivity index (χ2v) is 2.52. The quantitative estimate of drug-likeness (QED) is 0.659. The second-order valence-electron chi connectivity index (χ2n) is 2.52. The van der Waals surface area contributed by atoms with Crippen molar-refractivity contribution in [1.29, 1.82) is 0 Å². The van der Waals surface area contributed by atoms with E-state index in [0.717, 1.165) is 0 Å². The van der Waals surface area contributed by atoms with E-state index in [2.05, 4.69) is 16.0 Å². The molecule has 0 N–H and O–H groups in total. The molecule has 0 saturated carbocycles. The maximum absolute atomic E-state index is 12.8. The molecule has 2 aromatic rings. The average Bonchev–Trinajstić information content (AvgIpc) is 2.19. The number of aromatic nitrogens is 2. The maximum atomic E-state index is 12.8. The van der Waals surface area contributed by atoms with Gasteiger partial charge in [-0.2, -0.15) is 0 Å². The van der Waals surface area contributed by atoms with Crippen LogP contribution in [-0.2, 0) is 0 Å². The van der Waals surface area contributed by atoms with Crippen molar-refractivity contribution in [3.63, 3.8) is 0 Å². The largest absolute Gasteiger partial charge is 0.245 e. The SMILES string of the molecule is Fc1cc[c]c(-c2ccncn2)c1. The third kappa shape index (κ3) is 1.69. The molecule has 0 spiro atoms. The fraction of sp³-hybridized carbons (Fsp3) is 0. The highest BCUT2D eigenvalue weighted by Gasteiger charge is 1.98. The first kappa shape index (κ1) is 7.86. The number of hydrogen-bond donors (Lipinski definition) is 0. The molecule has 0 amide bonds. The van der Waals surface area contributed by atoms with E-state index in [1.807, 2.05) is 0 Å². The molecule has 0 aliphatic rings. The van der Waals surface area contributed by atoms with E-state index in [9.17, 15) is 4.39 Å². The Morgan fingerprint density at radius 3 is 2.92 bits per heavy atom. The lowest BCUT2D eigenvalue weighted by molar-refractivity contribution is 0.628. The Kier molecular flexibility index (Phi) is 2.00. The minimum atomic E-state index is -0.285. The molecule has 1 aromatic heterocycles. The summed E-state index contributed by atoms with van der Waals surface area (Å²) in [5, 5.41) is 0. The fourth-order valence-corrected chi connectivity index (χ4v) is 1.04. The van der Waals surface area contributed by atoms with E-state index in [-0.39, 0.29) is 5.82 Å². The normalized spacial score (nSPS) is 9.92. The number of nitrogens with zero attached hydrogens (tertiary/aromatic N) is 2. The topological polar surface area (TPSA) is 25.8 Å². The van der Waals surface area contributed by atoms with E-state index in [0.29, 0.717) is 11.3 Å². The Morgan fingerprint density at radius 2 is 2.23 bits per heavy atom. The third-order valence-electron chi connectivity index (χ3n) is 1.62. The Bertz CT molecular complexity index is 401. The Balaban J connectivity index is 2.48. The van der Waals surface area contributed by atoms with E-state index in [1.165, 1.54) is 24.5 Å². The Morgan fingerprint density at radius 1 is 1.31 bits per heavy atom. The molecule has 1 aromatic carbocycles. The minimum absolute atomic E-state index is 0.285. The van der Waals surface area contributed by atoms with Crippen LogP contribution >= 0.6 is 0 Å². The maximum Gasteiger partial charge on any atom is 0.123 e. The molecule has 2 rings (SSSR count). The minimum Gasteiger partial charge on any atom is -0.245 e. The zero-order valence-corrected chi connectivity index (χ0v) is 6.74. The van der Waals surface area contributed by atoms with Gasteiger partial charge in [0.15, 0.2) is 0 Å². The lowest BCUT2D eigenvalue weighted by Crippen LogP contribution is -1.84. The van der Waals surface area contributed by atoms with Gasteiger partial charge in [0.25, 0.3) is 0 Å². The molecule has 0 saturated heterocycles. The molecule has 1 heterocycles. The van der Waals surface area contributed by atoms with Crippen LogP contribution in [0.2, 0.25) is 0 Å². The fourth-order valence-electron chi connectivity index (χ4n) is 1.04. The van der Waals surface area contributed by atoms with Crippen molar-refractivity contribution in [2.75, 3.05) is 0 Å². The first-order valence-corrected chi connectivity index (χ1v) is 3.80. The summed E-state index contributed by atoms with van der Waals surface area (Å²) in [4.78, 5) is 7.76. The van der Waals surface area contributed by atoms with E-state index in [4.69, 9.17) is 0 Å². The van der Waals surface area contributed by atoms with Gasteiger partial charge < -0.3 is 0 Å². The van der Waals surface area contributed by atoms with Gasteiger partial charge in [-0.3, -0.25) is 0 Å². The van der Waals surface area contributed by atoms with Crippen LogP contribution in [0.25, 0.3) is 11.3 Å². The number of hydrogen-bond acceptors (Lipinski definition) is 2. The molecule has 3 heteroatoms. The highest BCUT2D eigenvalue weighted by atomic mass is 19.1. The summed E-state index contributed by atoms with van der Waals surface area (Å²) in [6, 6.07) is 8.89. The standard InChI is InChI=1S/C10H6FN2/c11-9-3-1-2-8(6-9)10-4-5-12-7-13-10/h1,3-7H. The van der Waals surface area contributed by atoms with Crippen molar-refractivity contribution < 1.29 is 4.39 Å². The van der Waals surface area contributed by atoms with Crippen LogP contribution in [0.3, 0.4) is 0 Å². The number of halogens is 1. The van der Waals surface area contributed by atoms with E-state index < -0.39 is 0 Å². The zero-order valence-electron chi connectivity index (χ0n) is 6.74. The van der Waals surface area contributed by atoms with Crippen molar-refractivity contribution in [3.8, 4) is 11.3 Å². The van der Waals surface area contributed by atoms with Gasteiger partial charge in [0.1, 0.15) is 12.1 Å². The van der Waals surface area contributed by atoms with Crippen molar-refractivity contribution in [3.05, 3.63) is 48.7 Å². The summed E-state index contributed by atoms with van der Waals surface area (Å²) < 4.78 is 12.8. The summed E-state index contributed by atoms with van der Waals surface area (Å²) >= 11 is 0. The second kappa shape index (κ2) is 3.31. The summed E-state index contributed by atoms with van der Waals surface area (Å²) in [5.41, 5.74) is 1.32. The molecule has 13 heavy (non-hydrogen) atoms. The van der Waals surface area contributed by atoms with Gasteiger partial charge in [0.2, 0.25) is 0 Å². The smallest absolute Gasteiger partial charge is 0.123 e. The molecular formula is C10H6FN2.